The first-order valence-corrected chi connectivity index (χ1v) is 8.80. The molecule has 2 aromatic rings. The van der Waals surface area contributed by atoms with Crippen molar-refractivity contribution < 1.29 is 14.3 Å². The normalized spacial score (nSPS) is 19.3. The van der Waals surface area contributed by atoms with Gasteiger partial charge in [0, 0.05) is 18.8 Å². The summed E-state index contributed by atoms with van der Waals surface area (Å²) < 4.78 is 14.0. The van der Waals surface area contributed by atoms with E-state index in [4.69, 9.17) is 0 Å². The molecular formula is C20H23FN2O2. The van der Waals surface area contributed by atoms with Crippen LogP contribution in [0, 0.1) is 5.82 Å². The maximum atomic E-state index is 14.0. The number of hydrogen-bond acceptors (Lipinski definition) is 3. The molecule has 3 rings (SSSR count). The van der Waals surface area contributed by atoms with Gasteiger partial charge in [0.15, 0.2) is 5.82 Å². The molecule has 1 N–H and O–H groups in total. The van der Waals surface area contributed by atoms with Crippen LogP contribution < -0.4 is 0 Å². The summed E-state index contributed by atoms with van der Waals surface area (Å²) in [4.78, 5) is 18.3. The number of aliphatic hydroxyl groups excluding tert-OH is 1. The van der Waals surface area contributed by atoms with Crippen molar-refractivity contribution in [3.63, 3.8) is 0 Å². The molecule has 1 aliphatic heterocycles. The van der Waals surface area contributed by atoms with Crippen LogP contribution in [0.1, 0.15) is 54.1 Å². The molecule has 0 bridgehead atoms. The molecule has 1 saturated heterocycles. The van der Waals surface area contributed by atoms with Gasteiger partial charge in [-0.15, -0.1) is 0 Å². The zero-order valence-corrected chi connectivity index (χ0v) is 14.1. The van der Waals surface area contributed by atoms with Crippen molar-refractivity contribution in [1.29, 1.82) is 0 Å². The lowest BCUT2D eigenvalue weighted by Crippen LogP contribution is -2.41. The first-order chi connectivity index (χ1) is 12.2. The van der Waals surface area contributed by atoms with Crippen LogP contribution in [0.3, 0.4) is 0 Å². The van der Waals surface area contributed by atoms with E-state index in [9.17, 15) is 14.3 Å². The topological polar surface area (TPSA) is 53.4 Å². The number of benzene rings is 1. The lowest BCUT2D eigenvalue weighted by Gasteiger charge is -2.32. The fourth-order valence-corrected chi connectivity index (χ4v) is 3.46. The highest BCUT2D eigenvalue weighted by molar-refractivity contribution is 5.94. The smallest absolute Gasteiger partial charge is 0.257 e. The minimum Gasteiger partial charge on any atom is -0.388 e. The minimum absolute atomic E-state index is 0.0519. The first-order valence-electron chi connectivity index (χ1n) is 8.80. The zero-order valence-electron chi connectivity index (χ0n) is 14.1. The predicted octanol–water partition coefficient (Wildman–Crippen LogP) is 3.73. The Labute approximate surface area is 147 Å². The Kier molecular flexibility index (Phi) is 5.76. The van der Waals surface area contributed by atoms with E-state index < -0.39 is 11.9 Å². The van der Waals surface area contributed by atoms with Crippen LogP contribution in [-0.4, -0.2) is 33.5 Å². The summed E-state index contributed by atoms with van der Waals surface area (Å²) in [7, 11) is 0. The summed E-state index contributed by atoms with van der Waals surface area (Å²) >= 11 is 0. The van der Waals surface area contributed by atoms with Crippen molar-refractivity contribution in [3.05, 3.63) is 65.7 Å². The molecule has 2 atom stereocenters. The number of aromatic nitrogens is 1. The van der Waals surface area contributed by atoms with E-state index in [-0.39, 0.29) is 17.5 Å². The van der Waals surface area contributed by atoms with E-state index >= 15 is 0 Å². The van der Waals surface area contributed by atoms with Crippen LogP contribution in [0.2, 0.25) is 0 Å². The molecule has 132 valence electrons. The Hall–Kier alpha value is -2.27. The maximum Gasteiger partial charge on any atom is 0.257 e. The lowest BCUT2D eigenvalue weighted by atomic mass is 9.97. The van der Waals surface area contributed by atoms with Gasteiger partial charge in [-0.05, 0) is 30.9 Å². The van der Waals surface area contributed by atoms with Crippen LogP contribution in [0.25, 0.3) is 0 Å². The van der Waals surface area contributed by atoms with Crippen LogP contribution in [0.15, 0.2) is 48.8 Å². The van der Waals surface area contributed by atoms with Gasteiger partial charge < -0.3 is 10.0 Å². The van der Waals surface area contributed by atoms with Gasteiger partial charge in [0.25, 0.3) is 5.91 Å². The highest BCUT2D eigenvalue weighted by Crippen LogP contribution is 2.27. The largest absolute Gasteiger partial charge is 0.388 e. The summed E-state index contributed by atoms with van der Waals surface area (Å²) in [5.41, 5.74) is 0.894. The molecule has 1 aromatic carbocycles. The molecule has 2 heterocycles. The molecule has 1 aromatic heterocycles. The fourth-order valence-electron chi connectivity index (χ4n) is 3.46. The average molecular weight is 342 g/mol. The SMILES string of the molecule is O=C(c1ccncc1F)N1CCCCC[C@H]1C[C@H](O)c1ccccc1. The number of amides is 1. The fraction of sp³-hybridized carbons (Fsp3) is 0.400. The van der Waals surface area contributed by atoms with E-state index in [0.29, 0.717) is 13.0 Å². The Morgan fingerprint density at radius 2 is 2.04 bits per heavy atom. The molecule has 5 heteroatoms. The lowest BCUT2D eigenvalue weighted by molar-refractivity contribution is 0.0583. The summed E-state index contributed by atoms with van der Waals surface area (Å²) in [5, 5.41) is 10.6. The number of rotatable bonds is 4. The highest BCUT2D eigenvalue weighted by Gasteiger charge is 2.29. The van der Waals surface area contributed by atoms with Gasteiger partial charge in [0.1, 0.15) is 0 Å². The van der Waals surface area contributed by atoms with Gasteiger partial charge >= 0.3 is 0 Å². The second-order valence-corrected chi connectivity index (χ2v) is 6.52. The molecular weight excluding hydrogens is 319 g/mol. The van der Waals surface area contributed by atoms with Crippen molar-refractivity contribution in [2.45, 2.75) is 44.2 Å². The predicted molar refractivity (Wildman–Crippen MR) is 93.5 cm³/mol. The molecule has 4 nitrogen and oxygen atoms in total. The van der Waals surface area contributed by atoms with E-state index in [1.165, 1.54) is 12.3 Å². The summed E-state index contributed by atoms with van der Waals surface area (Å²) in [6.45, 7) is 0.590. The first kappa shape index (κ1) is 17.5. The Balaban J connectivity index is 1.80. The van der Waals surface area contributed by atoms with E-state index in [2.05, 4.69) is 4.98 Å². The van der Waals surface area contributed by atoms with Gasteiger partial charge in [0.05, 0.1) is 17.9 Å². The summed E-state index contributed by atoms with van der Waals surface area (Å²) in [5.74, 6) is -0.911. The molecule has 1 fully saturated rings. The number of carbonyl (C=O) groups excluding carboxylic acids is 1. The van der Waals surface area contributed by atoms with Crippen molar-refractivity contribution >= 4 is 5.91 Å². The zero-order chi connectivity index (χ0) is 17.6. The molecule has 0 spiro atoms. The third kappa shape index (κ3) is 4.23. The number of carbonyl (C=O) groups is 1. The number of halogens is 1. The van der Waals surface area contributed by atoms with Gasteiger partial charge in [0.2, 0.25) is 0 Å². The Morgan fingerprint density at radius 3 is 2.80 bits per heavy atom. The van der Waals surface area contributed by atoms with Crippen LogP contribution >= 0.6 is 0 Å². The van der Waals surface area contributed by atoms with Crippen LogP contribution in [0.4, 0.5) is 4.39 Å². The Morgan fingerprint density at radius 1 is 1.24 bits per heavy atom. The van der Waals surface area contributed by atoms with Crippen LogP contribution in [0.5, 0.6) is 0 Å². The van der Waals surface area contributed by atoms with Crippen molar-refractivity contribution in [2.75, 3.05) is 6.54 Å². The number of aliphatic hydroxyl groups is 1. The van der Waals surface area contributed by atoms with Gasteiger partial charge in [-0.25, -0.2) is 4.39 Å². The molecule has 0 saturated carbocycles. The summed E-state index contributed by atoms with van der Waals surface area (Å²) in [6, 6.07) is 10.8. The molecule has 1 aliphatic rings. The number of likely N-dealkylation sites (tertiary alicyclic amines) is 1. The van der Waals surface area contributed by atoms with Gasteiger partial charge in [-0.1, -0.05) is 43.2 Å². The minimum atomic E-state index is -0.637. The molecule has 0 unspecified atom stereocenters. The van der Waals surface area contributed by atoms with Gasteiger partial charge in [-0.2, -0.15) is 0 Å². The molecule has 25 heavy (non-hydrogen) atoms. The quantitative estimate of drug-likeness (QED) is 0.921. The summed E-state index contributed by atoms with van der Waals surface area (Å²) in [6.07, 6.45) is 6.10. The van der Waals surface area contributed by atoms with Crippen molar-refractivity contribution in [1.82, 2.24) is 9.88 Å². The molecule has 0 radical (unpaired) electrons. The van der Waals surface area contributed by atoms with Crippen molar-refractivity contribution in [3.8, 4) is 0 Å². The van der Waals surface area contributed by atoms with Gasteiger partial charge in [-0.3, -0.25) is 9.78 Å². The van der Waals surface area contributed by atoms with E-state index in [0.717, 1.165) is 37.4 Å². The van der Waals surface area contributed by atoms with Crippen molar-refractivity contribution in [2.24, 2.45) is 0 Å². The number of hydrogen-bond donors (Lipinski definition) is 1. The third-order valence-electron chi connectivity index (χ3n) is 4.82. The Bertz CT molecular complexity index is 708. The number of pyridine rings is 1. The molecule has 1 amide bonds. The number of nitrogens with zero attached hydrogens (tertiary/aromatic N) is 2. The maximum absolute atomic E-state index is 14.0. The standard InChI is InChI=1S/C20H23FN2O2/c21-18-14-22-11-10-17(18)20(25)23-12-6-2-5-9-16(23)13-19(24)15-7-3-1-4-8-15/h1,3-4,7-8,10-11,14,16,19,24H,2,5-6,9,12-13H2/t16-,19-/m0/s1. The third-order valence-corrected chi connectivity index (χ3v) is 4.82. The second kappa shape index (κ2) is 8.21. The monoisotopic (exact) mass is 342 g/mol. The van der Waals surface area contributed by atoms with E-state index in [1.54, 1.807) is 4.90 Å². The highest BCUT2D eigenvalue weighted by atomic mass is 19.1. The second-order valence-electron chi connectivity index (χ2n) is 6.52. The molecule has 0 aliphatic carbocycles. The average Bonchev–Trinajstić information content (AvgIpc) is 2.88. The van der Waals surface area contributed by atoms with Crippen LogP contribution in [-0.2, 0) is 0 Å². The van der Waals surface area contributed by atoms with E-state index in [1.807, 2.05) is 30.3 Å².